The van der Waals surface area contributed by atoms with Gasteiger partial charge in [-0.05, 0) is 12.1 Å². The first-order valence-corrected chi connectivity index (χ1v) is 7.86. The average Bonchev–Trinajstić information content (AvgIpc) is 3.07. The molecule has 0 amide bonds. The molecule has 0 saturated heterocycles. The lowest BCUT2D eigenvalue weighted by atomic mass is 10.1. The molecule has 2 heterocycles. The molecule has 0 atom stereocenters. The van der Waals surface area contributed by atoms with E-state index >= 15 is 0 Å². The van der Waals surface area contributed by atoms with Gasteiger partial charge in [0.25, 0.3) is 0 Å². The minimum Gasteiger partial charge on any atom is -0.383 e. The average molecular weight is 317 g/mol. The highest BCUT2D eigenvalue weighted by molar-refractivity contribution is 7.20. The van der Waals surface area contributed by atoms with Crippen LogP contribution in [0.2, 0.25) is 0 Å². The maximum absolute atomic E-state index is 5.04. The van der Waals surface area contributed by atoms with Gasteiger partial charge < -0.3 is 15.0 Å². The number of imidazole rings is 1. The summed E-state index contributed by atoms with van der Waals surface area (Å²) >= 11 is 1.54. The van der Waals surface area contributed by atoms with E-state index < -0.39 is 0 Å². The van der Waals surface area contributed by atoms with E-state index in [2.05, 4.69) is 38.5 Å². The quantitative estimate of drug-likeness (QED) is 0.708. The molecule has 0 saturated carbocycles. The van der Waals surface area contributed by atoms with E-state index in [-0.39, 0.29) is 0 Å². The summed E-state index contributed by atoms with van der Waals surface area (Å²) < 4.78 is 6.92. The van der Waals surface area contributed by atoms with Gasteiger partial charge in [0, 0.05) is 39.0 Å². The van der Waals surface area contributed by atoms with Crippen molar-refractivity contribution in [3.63, 3.8) is 0 Å². The first-order valence-electron chi connectivity index (χ1n) is 7.04. The Labute approximate surface area is 133 Å². The Kier molecular flexibility index (Phi) is 4.26. The molecule has 6 nitrogen and oxygen atoms in total. The fourth-order valence-corrected chi connectivity index (χ4v) is 2.97. The lowest BCUT2D eigenvalue weighted by Crippen LogP contribution is -2.08. The number of ether oxygens (including phenoxy) is 1. The second-order valence-corrected chi connectivity index (χ2v) is 6.07. The van der Waals surface area contributed by atoms with Gasteiger partial charge in [0.05, 0.1) is 18.5 Å². The molecule has 0 aliphatic heterocycles. The molecule has 0 bridgehead atoms. The largest absolute Gasteiger partial charge is 0.383 e. The van der Waals surface area contributed by atoms with Crippen LogP contribution < -0.4 is 10.2 Å². The van der Waals surface area contributed by atoms with Crippen LogP contribution in [0.25, 0.3) is 16.2 Å². The molecule has 116 valence electrons. The first-order chi connectivity index (χ1) is 10.7. The third-order valence-electron chi connectivity index (χ3n) is 3.33. The van der Waals surface area contributed by atoms with Crippen molar-refractivity contribution in [1.82, 2.24) is 14.6 Å². The van der Waals surface area contributed by atoms with Crippen molar-refractivity contribution in [1.29, 1.82) is 0 Å². The van der Waals surface area contributed by atoms with Crippen LogP contribution >= 0.6 is 11.3 Å². The van der Waals surface area contributed by atoms with E-state index in [1.807, 2.05) is 30.9 Å². The SMILES string of the molecule is COCCNc1nn2c(-c3cccc(N(C)C)c3)cnc2s1. The van der Waals surface area contributed by atoms with Crippen LogP contribution in [0.3, 0.4) is 0 Å². The maximum Gasteiger partial charge on any atom is 0.214 e. The van der Waals surface area contributed by atoms with Gasteiger partial charge in [0.1, 0.15) is 0 Å². The summed E-state index contributed by atoms with van der Waals surface area (Å²) in [6.45, 7) is 1.39. The molecule has 22 heavy (non-hydrogen) atoms. The van der Waals surface area contributed by atoms with E-state index in [1.54, 1.807) is 7.11 Å². The summed E-state index contributed by atoms with van der Waals surface area (Å²) in [5.41, 5.74) is 3.25. The molecular formula is C15H19N5OS. The molecule has 0 unspecified atom stereocenters. The summed E-state index contributed by atoms with van der Waals surface area (Å²) in [6, 6.07) is 8.35. The Morgan fingerprint density at radius 2 is 2.23 bits per heavy atom. The number of methoxy groups -OCH3 is 1. The summed E-state index contributed by atoms with van der Waals surface area (Å²) in [6.07, 6.45) is 1.87. The Morgan fingerprint density at radius 3 is 3.00 bits per heavy atom. The number of hydrogen-bond donors (Lipinski definition) is 1. The number of benzene rings is 1. The molecule has 0 fully saturated rings. The van der Waals surface area contributed by atoms with Crippen molar-refractivity contribution in [2.45, 2.75) is 0 Å². The second-order valence-electron chi connectivity index (χ2n) is 5.11. The zero-order valence-corrected chi connectivity index (χ0v) is 13.7. The van der Waals surface area contributed by atoms with Crippen molar-refractivity contribution < 1.29 is 4.74 Å². The van der Waals surface area contributed by atoms with Crippen LogP contribution in [0.1, 0.15) is 0 Å². The van der Waals surface area contributed by atoms with E-state index in [0.717, 1.165) is 33.6 Å². The third-order valence-corrected chi connectivity index (χ3v) is 4.21. The third kappa shape index (κ3) is 2.90. The molecule has 1 aromatic carbocycles. The number of fused-ring (bicyclic) bond motifs is 1. The van der Waals surface area contributed by atoms with Gasteiger partial charge in [-0.2, -0.15) is 0 Å². The van der Waals surface area contributed by atoms with E-state index in [4.69, 9.17) is 4.74 Å². The Morgan fingerprint density at radius 1 is 1.36 bits per heavy atom. The number of hydrogen-bond acceptors (Lipinski definition) is 6. The lowest BCUT2D eigenvalue weighted by molar-refractivity contribution is 0.210. The topological polar surface area (TPSA) is 54.7 Å². The second kappa shape index (κ2) is 6.33. The van der Waals surface area contributed by atoms with Crippen LogP contribution in [0, 0.1) is 0 Å². The molecule has 7 heteroatoms. The number of nitrogens with zero attached hydrogens (tertiary/aromatic N) is 4. The van der Waals surface area contributed by atoms with Crippen LogP contribution in [-0.2, 0) is 4.74 Å². The lowest BCUT2D eigenvalue weighted by Gasteiger charge is -2.13. The first kappa shape index (κ1) is 14.8. The van der Waals surface area contributed by atoms with Crippen molar-refractivity contribution in [3.05, 3.63) is 30.5 Å². The minimum absolute atomic E-state index is 0.652. The molecule has 3 rings (SSSR count). The zero-order valence-electron chi connectivity index (χ0n) is 12.9. The normalized spacial score (nSPS) is 11.0. The molecule has 0 aliphatic rings. The predicted molar refractivity (Wildman–Crippen MR) is 91.0 cm³/mol. The Hall–Kier alpha value is -2.12. The molecule has 1 N–H and O–H groups in total. The highest BCUT2D eigenvalue weighted by atomic mass is 32.1. The fourth-order valence-electron chi connectivity index (χ4n) is 2.16. The predicted octanol–water partition coefficient (Wildman–Crippen LogP) is 2.58. The fraction of sp³-hybridized carbons (Fsp3) is 0.333. The van der Waals surface area contributed by atoms with Crippen LogP contribution in [-0.4, -0.2) is 49.0 Å². The molecule has 2 aromatic heterocycles. The van der Waals surface area contributed by atoms with Crippen molar-refractivity contribution in [2.75, 3.05) is 44.6 Å². The molecule has 0 aliphatic carbocycles. The summed E-state index contributed by atoms with van der Waals surface area (Å²) in [4.78, 5) is 7.42. The van der Waals surface area contributed by atoms with Crippen LogP contribution in [0.5, 0.6) is 0 Å². The van der Waals surface area contributed by atoms with Crippen molar-refractivity contribution in [3.8, 4) is 11.3 Å². The highest BCUT2D eigenvalue weighted by Crippen LogP contribution is 2.27. The van der Waals surface area contributed by atoms with Crippen LogP contribution in [0.4, 0.5) is 10.8 Å². The van der Waals surface area contributed by atoms with E-state index in [1.165, 1.54) is 11.3 Å². The van der Waals surface area contributed by atoms with Crippen LogP contribution in [0.15, 0.2) is 30.5 Å². The van der Waals surface area contributed by atoms with Crippen molar-refractivity contribution in [2.24, 2.45) is 0 Å². The van der Waals surface area contributed by atoms with Gasteiger partial charge in [0.2, 0.25) is 10.1 Å². The summed E-state index contributed by atoms with van der Waals surface area (Å²) in [5.74, 6) is 0. The molecular weight excluding hydrogens is 298 g/mol. The van der Waals surface area contributed by atoms with Gasteiger partial charge in [0.15, 0.2) is 0 Å². The zero-order chi connectivity index (χ0) is 15.5. The smallest absolute Gasteiger partial charge is 0.214 e. The van der Waals surface area contributed by atoms with Gasteiger partial charge in [-0.15, -0.1) is 5.10 Å². The van der Waals surface area contributed by atoms with Gasteiger partial charge in [-0.1, -0.05) is 23.5 Å². The number of anilines is 2. The summed E-state index contributed by atoms with van der Waals surface area (Å²) in [7, 11) is 5.75. The highest BCUT2D eigenvalue weighted by Gasteiger charge is 2.12. The van der Waals surface area contributed by atoms with E-state index in [0.29, 0.717) is 6.61 Å². The number of rotatable bonds is 6. The molecule has 0 spiro atoms. The number of aromatic nitrogens is 3. The Balaban J connectivity index is 1.92. The van der Waals surface area contributed by atoms with Gasteiger partial charge in [-0.3, -0.25) is 0 Å². The Bertz CT molecular complexity index is 764. The maximum atomic E-state index is 5.04. The van der Waals surface area contributed by atoms with Gasteiger partial charge in [-0.25, -0.2) is 9.50 Å². The summed E-state index contributed by atoms with van der Waals surface area (Å²) in [5, 5.41) is 8.68. The van der Waals surface area contributed by atoms with Gasteiger partial charge >= 0.3 is 0 Å². The molecule has 3 aromatic rings. The van der Waals surface area contributed by atoms with Crippen molar-refractivity contribution >= 4 is 27.1 Å². The molecule has 0 radical (unpaired) electrons. The standard InChI is InChI=1S/C15H19N5OS/c1-19(2)12-6-4-5-11(9-12)13-10-17-15-20(13)18-14(22-15)16-7-8-21-3/h4-6,9-10H,7-8H2,1-3H3,(H,16,18). The number of nitrogens with one attached hydrogen (secondary N) is 1. The minimum atomic E-state index is 0.652. The monoisotopic (exact) mass is 317 g/mol. The van der Waals surface area contributed by atoms with E-state index in [9.17, 15) is 0 Å².